The predicted molar refractivity (Wildman–Crippen MR) is 82.4 cm³/mol. The van der Waals surface area contributed by atoms with E-state index in [0.29, 0.717) is 23.6 Å². The summed E-state index contributed by atoms with van der Waals surface area (Å²) in [6, 6.07) is 0.604. The van der Waals surface area contributed by atoms with Crippen molar-refractivity contribution in [1.29, 1.82) is 0 Å². The Kier molecular flexibility index (Phi) is 4.33. The Morgan fingerprint density at radius 1 is 1.14 bits per heavy atom. The van der Waals surface area contributed by atoms with E-state index in [1.807, 2.05) is 6.92 Å². The SMILES string of the molecule is Cc1nnc(CSc2nc(C)c(C)n2C2CCCCC2)o1. The van der Waals surface area contributed by atoms with E-state index in [1.165, 1.54) is 37.8 Å². The summed E-state index contributed by atoms with van der Waals surface area (Å²) in [6.07, 6.45) is 6.56. The van der Waals surface area contributed by atoms with Crippen molar-refractivity contribution in [3.63, 3.8) is 0 Å². The maximum absolute atomic E-state index is 5.45. The Morgan fingerprint density at radius 2 is 1.90 bits per heavy atom. The molecular formula is C15H22N4OS. The topological polar surface area (TPSA) is 56.7 Å². The zero-order valence-electron chi connectivity index (χ0n) is 12.9. The third kappa shape index (κ3) is 3.15. The number of aryl methyl sites for hydroxylation is 2. The average Bonchev–Trinajstić information content (AvgIpc) is 3.02. The van der Waals surface area contributed by atoms with Crippen LogP contribution in [0.1, 0.15) is 61.3 Å². The van der Waals surface area contributed by atoms with Gasteiger partial charge in [0.2, 0.25) is 11.8 Å². The van der Waals surface area contributed by atoms with Gasteiger partial charge in [0, 0.05) is 18.7 Å². The van der Waals surface area contributed by atoms with Gasteiger partial charge >= 0.3 is 0 Å². The van der Waals surface area contributed by atoms with Crippen LogP contribution in [0.3, 0.4) is 0 Å². The van der Waals surface area contributed by atoms with Crippen LogP contribution in [0.5, 0.6) is 0 Å². The van der Waals surface area contributed by atoms with Gasteiger partial charge in [-0.3, -0.25) is 0 Å². The Bertz CT molecular complexity index is 613. The lowest BCUT2D eigenvalue weighted by Gasteiger charge is -2.25. The molecule has 0 spiro atoms. The molecule has 1 fully saturated rings. The molecule has 2 aromatic rings. The van der Waals surface area contributed by atoms with E-state index in [0.717, 1.165) is 10.9 Å². The first-order chi connectivity index (χ1) is 10.1. The molecule has 0 unspecified atom stereocenters. The summed E-state index contributed by atoms with van der Waals surface area (Å²) in [5.74, 6) is 1.98. The van der Waals surface area contributed by atoms with Gasteiger partial charge in [0.05, 0.1) is 11.4 Å². The predicted octanol–water partition coefficient (Wildman–Crippen LogP) is 3.99. The van der Waals surface area contributed by atoms with Gasteiger partial charge in [0.15, 0.2) is 5.16 Å². The molecule has 114 valence electrons. The maximum Gasteiger partial charge on any atom is 0.226 e. The lowest BCUT2D eigenvalue weighted by atomic mass is 9.95. The first-order valence-electron chi connectivity index (χ1n) is 7.62. The van der Waals surface area contributed by atoms with Crippen LogP contribution >= 0.6 is 11.8 Å². The molecule has 1 aliphatic carbocycles. The highest BCUT2D eigenvalue weighted by Crippen LogP contribution is 2.34. The van der Waals surface area contributed by atoms with E-state index in [-0.39, 0.29) is 0 Å². The summed E-state index contributed by atoms with van der Waals surface area (Å²) in [7, 11) is 0. The van der Waals surface area contributed by atoms with Gasteiger partial charge < -0.3 is 8.98 Å². The molecule has 6 heteroatoms. The van der Waals surface area contributed by atoms with E-state index >= 15 is 0 Å². The van der Waals surface area contributed by atoms with Crippen LogP contribution < -0.4 is 0 Å². The Balaban J connectivity index is 1.79. The standard InChI is InChI=1S/C15H22N4OS/c1-10-11(2)19(13-7-5-4-6-8-13)15(16-10)21-9-14-18-17-12(3)20-14/h13H,4-9H2,1-3H3. The van der Waals surface area contributed by atoms with Gasteiger partial charge in [0.1, 0.15) is 0 Å². The van der Waals surface area contributed by atoms with E-state index in [2.05, 4.69) is 28.6 Å². The molecule has 1 saturated carbocycles. The monoisotopic (exact) mass is 306 g/mol. The maximum atomic E-state index is 5.45. The van der Waals surface area contributed by atoms with Crippen LogP contribution in [-0.4, -0.2) is 19.7 Å². The van der Waals surface area contributed by atoms with Crippen molar-refractivity contribution in [2.75, 3.05) is 0 Å². The zero-order valence-corrected chi connectivity index (χ0v) is 13.7. The number of hydrogen-bond acceptors (Lipinski definition) is 5. The molecule has 0 aromatic carbocycles. The minimum absolute atomic E-state index is 0.604. The molecule has 1 aliphatic rings. The van der Waals surface area contributed by atoms with Crippen molar-refractivity contribution in [3.8, 4) is 0 Å². The van der Waals surface area contributed by atoms with Gasteiger partial charge in [-0.2, -0.15) is 0 Å². The third-order valence-electron chi connectivity index (χ3n) is 4.19. The van der Waals surface area contributed by atoms with Crippen LogP contribution in [0.4, 0.5) is 0 Å². The van der Waals surface area contributed by atoms with Crippen molar-refractivity contribution in [3.05, 3.63) is 23.2 Å². The van der Waals surface area contributed by atoms with Crippen LogP contribution in [-0.2, 0) is 5.75 Å². The number of hydrogen-bond donors (Lipinski definition) is 0. The molecule has 0 aliphatic heterocycles. The lowest BCUT2D eigenvalue weighted by molar-refractivity contribution is 0.332. The second-order valence-electron chi connectivity index (χ2n) is 5.73. The molecule has 0 bridgehead atoms. The Hall–Kier alpha value is -1.30. The van der Waals surface area contributed by atoms with E-state index in [1.54, 1.807) is 11.8 Å². The first-order valence-corrected chi connectivity index (χ1v) is 8.61. The summed E-state index contributed by atoms with van der Waals surface area (Å²) in [4.78, 5) is 4.74. The smallest absolute Gasteiger partial charge is 0.226 e. The molecule has 0 N–H and O–H groups in total. The molecule has 0 atom stereocenters. The van der Waals surface area contributed by atoms with Gasteiger partial charge in [-0.15, -0.1) is 10.2 Å². The summed E-state index contributed by atoms with van der Waals surface area (Å²) in [6.45, 7) is 6.09. The fourth-order valence-corrected chi connectivity index (χ4v) is 3.99. The van der Waals surface area contributed by atoms with Crippen molar-refractivity contribution in [2.24, 2.45) is 0 Å². The van der Waals surface area contributed by atoms with E-state index < -0.39 is 0 Å². The highest BCUT2D eigenvalue weighted by Gasteiger charge is 2.22. The van der Waals surface area contributed by atoms with E-state index in [9.17, 15) is 0 Å². The van der Waals surface area contributed by atoms with Gasteiger partial charge in [0.25, 0.3) is 0 Å². The summed E-state index contributed by atoms with van der Waals surface area (Å²) < 4.78 is 7.88. The number of thioether (sulfide) groups is 1. The molecule has 5 nitrogen and oxygen atoms in total. The number of nitrogens with zero attached hydrogens (tertiary/aromatic N) is 4. The van der Waals surface area contributed by atoms with Gasteiger partial charge in [-0.1, -0.05) is 31.0 Å². The van der Waals surface area contributed by atoms with Crippen molar-refractivity contribution in [2.45, 2.75) is 69.8 Å². The molecule has 2 aromatic heterocycles. The Labute approximate surface area is 129 Å². The second kappa shape index (κ2) is 6.22. The van der Waals surface area contributed by atoms with Crippen LogP contribution in [0.2, 0.25) is 0 Å². The number of rotatable bonds is 4. The lowest BCUT2D eigenvalue weighted by Crippen LogP contribution is -2.15. The fourth-order valence-electron chi connectivity index (χ4n) is 2.99. The minimum atomic E-state index is 0.604. The Morgan fingerprint density at radius 3 is 2.57 bits per heavy atom. The zero-order chi connectivity index (χ0) is 14.8. The van der Waals surface area contributed by atoms with Crippen molar-refractivity contribution in [1.82, 2.24) is 19.7 Å². The first kappa shape index (κ1) is 14.6. The molecule has 0 amide bonds. The summed E-state index contributed by atoms with van der Waals surface area (Å²) >= 11 is 1.70. The van der Waals surface area contributed by atoms with Crippen LogP contribution in [0.25, 0.3) is 0 Å². The number of aromatic nitrogens is 4. The van der Waals surface area contributed by atoms with Gasteiger partial charge in [-0.05, 0) is 26.7 Å². The van der Waals surface area contributed by atoms with Gasteiger partial charge in [-0.25, -0.2) is 4.98 Å². The quantitative estimate of drug-likeness (QED) is 0.799. The average molecular weight is 306 g/mol. The van der Waals surface area contributed by atoms with Crippen LogP contribution in [0, 0.1) is 20.8 Å². The highest BCUT2D eigenvalue weighted by molar-refractivity contribution is 7.98. The van der Waals surface area contributed by atoms with Crippen molar-refractivity contribution >= 4 is 11.8 Å². The number of imidazole rings is 1. The van der Waals surface area contributed by atoms with E-state index in [4.69, 9.17) is 9.40 Å². The molecule has 0 radical (unpaired) electrons. The highest BCUT2D eigenvalue weighted by atomic mass is 32.2. The normalized spacial score (nSPS) is 16.5. The summed E-state index contributed by atoms with van der Waals surface area (Å²) in [5.41, 5.74) is 2.43. The van der Waals surface area contributed by atoms with Crippen molar-refractivity contribution < 1.29 is 4.42 Å². The third-order valence-corrected chi connectivity index (χ3v) is 5.12. The molecular weight excluding hydrogens is 284 g/mol. The molecule has 2 heterocycles. The largest absolute Gasteiger partial charge is 0.425 e. The molecule has 3 rings (SSSR count). The fraction of sp³-hybridized carbons (Fsp3) is 0.667. The van der Waals surface area contributed by atoms with Crippen LogP contribution in [0.15, 0.2) is 9.57 Å². The molecule has 21 heavy (non-hydrogen) atoms. The molecule has 0 saturated heterocycles. The summed E-state index contributed by atoms with van der Waals surface area (Å²) in [5, 5.41) is 9.02. The minimum Gasteiger partial charge on any atom is -0.425 e. The second-order valence-corrected chi connectivity index (χ2v) is 6.67.